The third kappa shape index (κ3) is 2.12. The van der Waals surface area contributed by atoms with E-state index in [-0.39, 0.29) is 0 Å². The second kappa shape index (κ2) is 4.34. The van der Waals surface area contributed by atoms with Crippen LogP contribution in [0.4, 0.5) is 10.5 Å². The number of hydrogen-bond acceptors (Lipinski definition) is 2. The monoisotopic (exact) mass is 206 g/mol. The molecule has 0 aromatic heterocycles. The molecule has 1 amide bonds. The molecule has 0 unspecified atom stereocenters. The van der Waals surface area contributed by atoms with Crippen LogP contribution < -0.4 is 10.0 Å². The first-order valence-corrected chi connectivity index (χ1v) is 5.04. The van der Waals surface area contributed by atoms with Gasteiger partial charge < -0.3 is 14.8 Å². The SMILES string of the molecule is CCN(C(=O)[O-])c1ccc(C)c(C)c1C. The molecule has 0 aliphatic rings. The summed E-state index contributed by atoms with van der Waals surface area (Å²) in [6, 6.07) is 3.76. The quantitative estimate of drug-likeness (QED) is 0.740. The molecule has 15 heavy (non-hydrogen) atoms. The number of rotatable bonds is 2. The summed E-state index contributed by atoms with van der Waals surface area (Å²) in [4.78, 5) is 12.1. The third-order valence-corrected chi connectivity index (χ3v) is 2.86. The van der Waals surface area contributed by atoms with E-state index in [1.807, 2.05) is 32.9 Å². The molecule has 0 fully saturated rings. The number of amides is 1. The Kier molecular flexibility index (Phi) is 3.35. The molecule has 0 saturated heterocycles. The maximum absolute atomic E-state index is 10.9. The van der Waals surface area contributed by atoms with Crippen molar-refractivity contribution in [1.29, 1.82) is 0 Å². The van der Waals surface area contributed by atoms with Crippen LogP contribution in [0.3, 0.4) is 0 Å². The molecule has 1 aromatic rings. The molecule has 1 aromatic carbocycles. The van der Waals surface area contributed by atoms with Crippen molar-refractivity contribution in [3.63, 3.8) is 0 Å². The summed E-state index contributed by atoms with van der Waals surface area (Å²) in [7, 11) is 0. The summed E-state index contributed by atoms with van der Waals surface area (Å²) < 4.78 is 0. The Balaban J connectivity index is 3.25. The van der Waals surface area contributed by atoms with Crippen LogP contribution in [0.15, 0.2) is 12.1 Å². The van der Waals surface area contributed by atoms with Crippen molar-refractivity contribution in [2.45, 2.75) is 27.7 Å². The van der Waals surface area contributed by atoms with E-state index in [4.69, 9.17) is 0 Å². The van der Waals surface area contributed by atoms with Crippen LogP contribution in [-0.2, 0) is 0 Å². The fourth-order valence-electron chi connectivity index (χ4n) is 1.63. The van der Waals surface area contributed by atoms with Gasteiger partial charge in [-0.1, -0.05) is 6.07 Å². The number of carbonyl (C=O) groups excluding carboxylic acids is 1. The first kappa shape index (κ1) is 11.6. The van der Waals surface area contributed by atoms with Crippen LogP contribution >= 0.6 is 0 Å². The second-order valence-electron chi connectivity index (χ2n) is 3.66. The van der Waals surface area contributed by atoms with Gasteiger partial charge in [-0.25, -0.2) is 0 Å². The molecule has 0 spiro atoms. The number of benzene rings is 1. The third-order valence-electron chi connectivity index (χ3n) is 2.86. The van der Waals surface area contributed by atoms with Crippen molar-refractivity contribution in [1.82, 2.24) is 0 Å². The number of carboxylic acid groups (broad SMARTS) is 1. The molecule has 0 heterocycles. The van der Waals surface area contributed by atoms with Gasteiger partial charge in [-0.15, -0.1) is 0 Å². The van der Waals surface area contributed by atoms with Crippen LogP contribution in [0, 0.1) is 20.8 Å². The van der Waals surface area contributed by atoms with Crippen molar-refractivity contribution in [3.8, 4) is 0 Å². The van der Waals surface area contributed by atoms with Crippen LogP contribution in [0.5, 0.6) is 0 Å². The molecule has 3 heteroatoms. The van der Waals surface area contributed by atoms with Gasteiger partial charge in [0.05, 0.1) is 0 Å². The van der Waals surface area contributed by atoms with E-state index in [9.17, 15) is 9.90 Å². The highest BCUT2D eigenvalue weighted by atomic mass is 16.4. The molecule has 82 valence electrons. The molecule has 1 rings (SSSR count). The highest BCUT2D eigenvalue weighted by Crippen LogP contribution is 2.24. The normalized spacial score (nSPS) is 10.1. The van der Waals surface area contributed by atoms with Crippen LogP contribution in [-0.4, -0.2) is 12.6 Å². The fourth-order valence-corrected chi connectivity index (χ4v) is 1.63. The summed E-state index contributed by atoms with van der Waals surface area (Å²) in [6.07, 6.45) is -1.15. The summed E-state index contributed by atoms with van der Waals surface area (Å²) in [5, 5.41) is 10.9. The first-order chi connectivity index (χ1) is 6.99. The molecule has 0 N–H and O–H groups in total. The van der Waals surface area contributed by atoms with E-state index in [1.165, 1.54) is 10.5 Å². The highest BCUT2D eigenvalue weighted by molar-refractivity contribution is 5.85. The lowest BCUT2D eigenvalue weighted by molar-refractivity contribution is -0.246. The molecule has 0 bridgehead atoms. The Bertz CT molecular complexity index is 385. The van der Waals surface area contributed by atoms with Crippen molar-refractivity contribution in [2.24, 2.45) is 0 Å². The van der Waals surface area contributed by atoms with Gasteiger partial charge in [-0.05, 0) is 50.5 Å². The minimum absolute atomic E-state index is 0.408. The number of aryl methyl sites for hydroxylation is 1. The van der Waals surface area contributed by atoms with Gasteiger partial charge in [0, 0.05) is 12.2 Å². The largest absolute Gasteiger partial charge is 0.530 e. The van der Waals surface area contributed by atoms with E-state index < -0.39 is 6.09 Å². The van der Waals surface area contributed by atoms with Crippen molar-refractivity contribution in [2.75, 3.05) is 11.4 Å². The zero-order chi connectivity index (χ0) is 11.6. The van der Waals surface area contributed by atoms with Crippen molar-refractivity contribution in [3.05, 3.63) is 28.8 Å². The van der Waals surface area contributed by atoms with Gasteiger partial charge in [0.1, 0.15) is 6.09 Å². The van der Waals surface area contributed by atoms with Crippen LogP contribution in [0.1, 0.15) is 23.6 Å². The van der Waals surface area contributed by atoms with Crippen LogP contribution in [0.25, 0.3) is 0 Å². The second-order valence-corrected chi connectivity index (χ2v) is 3.66. The molecule has 0 radical (unpaired) electrons. The lowest BCUT2D eigenvalue weighted by atomic mass is 10.0. The zero-order valence-corrected chi connectivity index (χ0v) is 9.63. The molecular weight excluding hydrogens is 190 g/mol. The predicted octanol–water partition coefficient (Wildman–Crippen LogP) is 1.78. The standard InChI is InChI=1S/C12H17NO2/c1-5-13(12(14)15)11-7-6-8(2)9(3)10(11)4/h6-7H,5H2,1-4H3,(H,14,15)/p-1. The molecule has 3 nitrogen and oxygen atoms in total. The average molecular weight is 206 g/mol. The molecule has 0 aliphatic carbocycles. The summed E-state index contributed by atoms with van der Waals surface area (Å²) in [6.45, 7) is 8.15. The van der Waals surface area contributed by atoms with E-state index in [1.54, 1.807) is 6.92 Å². The topological polar surface area (TPSA) is 43.4 Å². The Morgan fingerprint density at radius 3 is 2.33 bits per heavy atom. The number of carbonyl (C=O) groups is 1. The molecule has 0 atom stereocenters. The molecule has 0 saturated carbocycles. The van der Waals surface area contributed by atoms with Crippen molar-refractivity contribution >= 4 is 11.8 Å². The summed E-state index contributed by atoms with van der Waals surface area (Å²) >= 11 is 0. The average Bonchev–Trinajstić information content (AvgIpc) is 2.18. The lowest BCUT2D eigenvalue weighted by Gasteiger charge is -2.26. The van der Waals surface area contributed by atoms with E-state index in [2.05, 4.69) is 0 Å². The number of hydrogen-bond donors (Lipinski definition) is 0. The van der Waals surface area contributed by atoms with E-state index in [0.29, 0.717) is 6.54 Å². The molecular formula is C12H16NO2-. The van der Waals surface area contributed by atoms with Crippen LogP contribution in [0.2, 0.25) is 0 Å². The highest BCUT2D eigenvalue weighted by Gasteiger charge is 2.10. The van der Waals surface area contributed by atoms with Crippen molar-refractivity contribution < 1.29 is 9.90 Å². The summed E-state index contributed by atoms with van der Waals surface area (Å²) in [5.41, 5.74) is 4.03. The zero-order valence-electron chi connectivity index (χ0n) is 9.63. The maximum atomic E-state index is 10.9. The van der Waals surface area contributed by atoms with Gasteiger partial charge in [0.15, 0.2) is 0 Å². The Labute approximate surface area is 90.3 Å². The van der Waals surface area contributed by atoms with Gasteiger partial charge in [-0.2, -0.15) is 0 Å². The minimum atomic E-state index is -1.15. The molecule has 0 aliphatic heterocycles. The van der Waals surface area contributed by atoms with Gasteiger partial charge in [0.25, 0.3) is 0 Å². The Morgan fingerprint density at radius 1 is 1.27 bits per heavy atom. The van der Waals surface area contributed by atoms with Gasteiger partial charge >= 0.3 is 0 Å². The Morgan fingerprint density at radius 2 is 1.87 bits per heavy atom. The number of nitrogens with zero attached hydrogens (tertiary/aromatic N) is 1. The smallest absolute Gasteiger partial charge is 0.141 e. The number of anilines is 1. The van der Waals surface area contributed by atoms with Gasteiger partial charge in [-0.3, -0.25) is 0 Å². The van der Waals surface area contributed by atoms with E-state index >= 15 is 0 Å². The van der Waals surface area contributed by atoms with E-state index in [0.717, 1.165) is 16.8 Å². The summed E-state index contributed by atoms with van der Waals surface area (Å²) in [5.74, 6) is 0. The van der Waals surface area contributed by atoms with Gasteiger partial charge in [0.2, 0.25) is 0 Å². The fraction of sp³-hybridized carbons (Fsp3) is 0.417. The lowest BCUT2D eigenvalue weighted by Crippen LogP contribution is -2.41. The predicted molar refractivity (Wildman–Crippen MR) is 59.1 cm³/mol. The Hall–Kier alpha value is -1.51. The first-order valence-electron chi connectivity index (χ1n) is 5.04. The minimum Gasteiger partial charge on any atom is -0.530 e. The maximum Gasteiger partial charge on any atom is 0.141 e.